The van der Waals surface area contributed by atoms with Crippen LogP contribution < -0.4 is 10.1 Å². The Morgan fingerprint density at radius 1 is 1.33 bits per heavy atom. The van der Waals surface area contributed by atoms with Crippen LogP contribution >= 0.6 is 34.8 Å². The minimum atomic E-state index is -0.353. The summed E-state index contributed by atoms with van der Waals surface area (Å²) in [6.07, 6.45) is 6.14. The van der Waals surface area contributed by atoms with E-state index in [0.29, 0.717) is 20.8 Å². The van der Waals surface area contributed by atoms with Crippen molar-refractivity contribution < 1.29 is 4.74 Å². The van der Waals surface area contributed by atoms with Crippen LogP contribution in [0.1, 0.15) is 6.42 Å². The van der Waals surface area contributed by atoms with Crippen molar-refractivity contribution >= 4 is 34.8 Å². The minimum absolute atomic E-state index is 0.265. The van der Waals surface area contributed by atoms with Crippen LogP contribution in [-0.2, 0) is 0 Å². The first-order valence-corrected chi connectivity index (χ1v) is 6.74. The maximum absolute atomic E-state index is 6.08. The zero-order valence-electron chi connectivity index (χ0n) is 9.55. The van der Waals surface area contributed by atoms with Gasteiger partial charge in [0.25, 0.3) is 0 Å². The largest absolute Gasteiger partial charge is 0.474 e. The molecule has 0 saturated carbocycles. The van der Waals surface area contributed by atoms with Crippen molar-refractivity contribution in [1.82, 2.24) is 5.32 Å². The monoisotopic (exact) mass is 303 g/mol. The second-order valence-electron chi connectivity index (χ2n) is 4.13. The number of ether oxygens (including phenoxy) is 1. The molecule has 0 aromatic heterocycles. The second-order valence-corrected chi connectivity index (χ2v) is 5.32. The van der Waals surface area contributed by atoms with Crippen LogP contribution in [-0.4, -0.2) is 19.2 Å². The van der Waals surface area contributed by atoms with E-state index in [1.54, 1.807) is 12.1 Å². The molecule has 1 unspecified atom stereocenters. The first-order valence-electron chi connectivity index (χ1n) is 5.60. The lowest BCUT2D eigenvalue weighted by Gasteiger charge is -2.21. The van der Waals surface area contributed by atoms with Crippen LogP contribution in [0.15, 0.2) is 12.1 Å². The predicted molar refractivity (Wildman–Crippen MR) is 75.7 cm³/mol. The topological polar surface area (TPSA) is 21.3 Å². The van der Waals surface area contributed by atoms with E-state index in [-0.39, 0.29) is 12.0 Å². The highest BCUT2D eigenvalue weighted by Crippen LogP contribution is 2.39. The van der Waals surface area contributed by atoms with E-state index in [1.165, 1.54) is 0 Å². The van der Waals surface area contributed by atoms with Gasteiger partial charge in [-0.15, -0.1) is 6.42 Å². The molecule has 0 aliphatic carbocycles. The van der Waals surface area contributed by atoms with Crippen molar-refractivity contribution in [3.05, 3.63) is 27.2 Å². The first kappa shape index (κ1) is 13.8. The zero-order valence-corrected chi connectivity index (χ0v) is 11.8. The van der Waals surface area contributed by atoms with Crippen molar-refractivity contribution in [2.45, 2.75) is 12.5 Å². The average molecular weight is 305 g/mol. The number of benzene rings is 1. The van der Waals surface area contributed by atoms with E-state index in [0.717, 1.165) is 19.5 Å². The fourth-order valence-corrected chi connectivity index (χ4v) is 2.55. The standard InChI is InChI=1S/C13H12Cl3NO/c1-2-11(8-5-6-17-7-8)18-13-10(15)4-3-9(14)12(13)16/h1,3-4,8,11,17H,5-7H2/t8?,11-/m1/s1. The summed E-state index contributed by atoms with van der Waals surface area (Å²) in [7, 11) is 0. The summed E-state index contributed by atoms with van der Waals surface area (Å²) in [5.41, 5.74) is 0. The Labute approximate surface area is 122 Å². The summed E-state index contributed by atoms with van der Waals surface area (Å²) in [5.74, 6) is 3.27. The second kappa shape index (κ2) is 6.04. The van der Waals surface area contributed by atoms with Crippen molar-refractivity contribution in [2.24, 2.45) is 5.92 Å². The molecule has 2 nitrogen and oxygen atoms in total. The van der Waals surface area contributed by atoms with E-state index in [2.05, 4.69) is 11.2 Å². The molecule has 18 heavy (non-hydrogen) atoms. The number of rotatable bonds is 3. The van der Waals surface area contributed by atoms with E-state index < -0.39 is 0 Å². The van der Waals surface area contributed by atoms with E-state index >= 15 is 0 Å². The van der Waals surface area contributed by atoms with E-state index in [9.17, 15) is 0 Å². The highest BCUT2D eigenvalue weighted by atomic mass is 35.5. The van der Waals surface area contributed by atoms with Gasteiger partial charge in [-0.05, 0) is 25.1 Å². The van der Waals surface area contributed by atoms with Crippen molar-refractivity contribution in [3.8, 4) is 18.1 Å². The van der Waals surface area contributed by atoms with Crippen LogP contribution in [0.5, 0.6) is 5.75 Å². The summed E-state index contributed by atoms with van der Waals surface area (Å²) in [5, 5.41) is 4.36. The van der Waals surface area contributed by atoms with E-state index in [1.807, 2.05) is 0 Å². The molecule has 96 valence electrons. The van der Waals surface area contributed by atoms with Crippen LogP contribution in [0.2, 0.25) is 15.1 Å². The fourth-order valence-electron chi connectivity index (χ4n) is 1.95. The Morgan fingerprint density at radius 3 is 2.67 bits per heavy atom. The Morgan fingerprint density at radius 2 is 2.06 bits per heavy atom. The van der Waals surface area contributed by atoms with E-state index in [4.69, 9.17) is 46.0 Å². The molecule has 1 aromatic rings. The lowest BCUT2D eigenvalue weighted by atomic mass is 10.0. The van der Waals surface area contributed by atoms with Gasteiger partial charge in [0.15, 0.2) is 11.9 Å². The number of hydrogen-bond acceptors (Lipinski definition) is 2. The molecule has 0 bridgehead atoms. The van der Waals surface area contributed by atoms with Gasteiger partial charge in [0.2, 0.25) is 0 Å². The molecule has 0 radical (unpaired) electrons. The summed E-state index contributed by atoms with van der Waals surface area (Å²) < 4.78 is 5.77. The Kier molecular flexibility index (Phi) is 4.64. The molecule has 1 aliphatic heterocycles. The summed E-state index contributed by atoms with van der Waals surface area (Å²) in [6.45, 7) is 1.79. The van der Waals surface area contributed by atoms with Gasteiger partial charge in [-0.1, -0.05) is 40.7 Å². The Hall–Kier alpha value is -0.590. The molecule has 1 heterocycles. The molecular formula is C13H12Cl3NO. The quantitative estimate of drug-likeness (QED) is 0.680. The summed E-state index contributed by atoms with van der Waals surface area (Å²) in [6, 6.07) is 3.27. The van der Waals surface area contributed by atoms with Crippen molar-refractivity contribution in [3.63, 3.8) is 0 Å². The molecule has 0 spiro atoms. The number of terminal acetylenes is 1. The van der Waals surface area contributed by atoms with Gasteiger partial charge >= 0.3 is 0 Å². The molecule has 2 rings (SSSR count). The smallest absolute Gasteiger partial charge is 0.163 e. The molecule has 1 N–H and O–H groups in total. The Bertz CT molecular complexity index is 478. The van der Waals surface area contributed by atoms with Crippen LogP contribution in [0.3, 0.4) is 0 Å². The maximum Gasteiger partial charge on any atom is 0.163 e. The molecule has 1 fully saturated rings. The van der Waals surface area contributed by atoms with Crippen molar-refractivity contribution in [1.29, 1.82) is 0 Å². The fraction of sp³-hybridized carbons (Fsp3) is 0.385. The molecule has 1 aliphatic rings. The normalized spacial score (nSPS) is 20.4. The SMILES string of the molecule is C#C[C@@H](Oc1c(Cl)ccc(Cl)c1Cl)C1CCNC1. The summed E-state index contributed by atoms with van der Waals surface area (Å²) >= 11 is 18.1. The van der Waals surface area contributed by atoms with Gasteiger partial charge in [0.1, 0.15) is 5.02 Å². The van der Waals surface area contributed by atoms with Crippen molar-refractivity contribution in [2.75, 3.05) is 13.1 Å². The number of hydrogen-bond donors (Lipinski definition) is 1. The van der Waals surface area contributed by atoms with Gasteiger partial charge in [-0.3, -0.25) is 0 Å². The average Bonchev–Trinajstić information content (AvgIpc) is 2.88. The third-order valence-corrected chi connectivity index (χ3v) is 4.02. The van der Waals surface area contributed by atoms with Gasteiger partial charge < -0.3 is 10.1 Å². The van der Waals surface area contributed by atoms with Crippen LogP contribution in [0.4, 0.5) is 0 Å². The highest BCUT2D eigenvalue weighted by molar-refractivity contribution is 6.44. The van der Waals surface area contributed by atoms with Gasteiger partial charge in [0, 0.05) is 12.5 Å². The zero-order chi connectivity index (χ0) is 13.1. The minimum Gasteiger partial charge on any atom is -0.474 e. The van der Waals surface area contributed by atoms with Gasteiger partial charge in [-0.2, -0.15) is 0 Å². The maximum atomic E-state index is 6.08. The lowest BCUT2D eigenvalue weighted by molar-refractivity contribution is 0.197. The summed E-state index contributed by atoms with van der Waals surface area (Å²) in [4.78, 5) is 0. The van der Waals surface area contributed by atoms with Crippen LogP contribution in [0, 0.1) is 18.3 Å². The molecule has 0 amide bonds. The molecule has 5 heteroatoms. The number of nitrogens with one attached hydrogen (secondary N) is 1. The predicted octanol–water partition coefficient (Wildman–Crippen LogP) is 3.64. The lowest BCUT2D eigenvalue weighted by Crippen LogP contribution is -2.27. The van der Waals surface area contributed by atoms with Gasteiger partial charge in [0.05, 0.1) is 10.0 Å². The molecule has 1 aromatic carbocycles. The molecule has 1 saturated heterocycles. The molecule has 2 atom stereocenters. The number of halogens is 3. The van der Waals surface area contributed by atoms with Crippen LogP contribution in [0.25, 0.3) is 0 Å². The van der Waals surface area contributed by atoms with Gasteiger partial charge in [-0.25, -0.2) is 0 Å². The third kappa shape index (κ3) is 2.87. The highest BCUT2D eigenvalue weighted by Gasteiger charge is 2.26. The first-order chi connectivity index (χ1) is 8.63. The molecular weight excluding hydrogens is 293 g/mol. The third-order valence-electron chi connectivity index (χ3n) is 2.94. The Balaban J connectivity index is 2.22.